The third kappa shape index (κ3) is 5.65. The molecular formula is C52H35NS. The van der Waals surface area contributed by atoms with Gasteiger partial charge in [-0.05, 0) is 91.7 Å². The van der Waals surface area contributed by atoms with Gasteiger partial charge in [0.15, 0.2) is 0 Å². The first kappa shape index (κ1) is 32.0. The predicted octanol–water partition coefficient (Wildman–Crippen LogP) is 15.3. The summed E-state index contributed by atoms with van der Waals surface area (Å²) in [6, 6.07) is 77.2. The van der Waals surface area contributed by atoms with E-state index in [1.807, 2.05) is 11.3 Å². The van der Waals surface area contributed by atoms with Gasteiger partial charge < -0.3 is 4.90 Å². The second kappa shape index (κ2) is 13.7. The van der Waals surface area contributed by atoms with Crippen molar-refractivity contribution in [2.24, 2.45) is 0 Å². The van der Waals surface area contributed by atoms with Crippen LogP contribution in [0.1, 0.15) is 0 Å². The van der Waals surface area contributed by atoms with E-state index in [0.717, 1.165) is 11.4 Å². The quantitative estimate of drug-likeness (QED) is 0.160. The molecule has 0 atom stereocenters. The molecule has 254 valence electrons. The molecule has 1 aromatic heterocycles. The zero-order chi connectivity index (χ0) is 35.8. The molecule has 1 heterocycles. The summed E-state index contributed by atoms with van der Waals surface area (Å²) >= 11 is 1.87. The van der Waals surface area contributed by atoms with Gasteiger partial charge in [-0.1, -0.05) is 176 Å². The van der Waals surface area contributed by atoms with Gasteiger partial charge in [0.25, 0.3) is 0 Å². The van der Waals surface area contributed by atoms with Crippen LogP contribution in [0.4, 0.5) is 17.1 Å². The lowest BCUT2D eigenvalue weighted by Gasteiger charge is -2.28. The number of anilines is 3. The van der Waals surface area contributed by atoms with Crippen LogP contribution in [0.2, 0.25) is 0 Å². The average Bonchev–Trinajstić information content (AvgIpc) is 3.64. The van der Waals surface area contributed by atoms with Crippen molar-refractivity contribution in [3.8, 4) is 44.5 Å². The molecule has 0 saturated carbocycles. The maximum Gasteiger partial charge on any atom is 0.0640 e. The number of nitrogens with zero attached hydrogens (tertiary/aromatic N) is 1. The molecule has 0 aliphatic carbocycles. The van der Waals surface area contributed by atoms with E-state index in [1.165, 1.54) is 81.1 Å². The first-order chi connectivity index (χ1) is 26.8. The van der Waals surface area contributed by atoms with E-state index in [0.29, 0.717) is 0 Å². The molecule has 0 spiro atoms. The first-order valence-corrected chi connectivity index (χ1v) is 19.2. The Kier molecular flexibility index (Phi) is 8.09. The Morgan fingerprint density at radius 2 is 0.907 bits per heavy atom. The van der Waals surface area contributed by atoms with Crippen molar-refractivity contribution in [1.29, 1.82) is 0 Å². The molecule has 0 fully saturated rings. The van der Waals surface area contributed by atoms with Gasteiger partial charge in [0.1, 0.15) is 0 Å². The molecule has 0 amide bonds. The average molecular weight is 706 g/mol. The topological polar surface area (TPSA) is 3.24 Å². The molecule has 2 heteroatoms. The summed E-state index contributed by atoms with van der Waals surface area (Å²) in [6.45, 7) is 0. The fourth-order valence-electron chi connectivity index (χ4n) is 7.97. The Bertz CT molecular complexity index is 2930. The molecule has 0 aliphatic heterocycles. The molecule has 0 aliphatic rings. The third-order valence-corrected chi connectivity index (χ3v) is 11.7. The second-order valence-corrected chi connectivity index (χ2v) is 14.7. The number of thiophene rings is 1. The van der Waals surface area contributed by atoms with Crippen LogP contribution in [0.25, 0.3) is 75.5 Å². The molecular weight excluding hydrogens is 671 g/mol. The highest BCUT2D eigenvalue weighted by atomic mass is 32.1. The van der Waals surface area contributed by atoms with Crippen LogP contribution in [-0.4, -0.2) is 0 Å². The highest BCUT2D eigenvalue weighted by molar-refractivity contribution is 7.26. The summed E-state index contributed by atoms with van der Waals surface area (Å²) in [7, 11) is 0. The highest BCUT2D eigenvalue weighted by Crippen LogP contribution is 2.47. The molecule has 0 radical (unpaired) electrons. The Balaban J connectivity index is 1.23. The van der Waals surface area contributed by atoms with Crippen molar-refractivity contribution in [2.75, 3.05) is 4.90 Å². The summed E-state index contributed by atoms with van der Waals surface area (Å²) in [5, 5.41) is 5.06. The van der Waals surface area contributed by atoms with Crippen LogP contribution in [0.5, 0.6) is 0 Å². The number of rotatable bonds is 7. The van der Waals surface area contributed by atoms with Crippen molar-refractivity contribution in [2.45, 2.75) is 0 Å². The van der Waals surface area contributed by atoms with Gasteiger partial charge in [-0.2, -0.15) is 0 Å². The Morgan fingerprint density at radius 3 is 1.69 bits per heavy atom. The molecule has 0 saturated heterocycles. The maximum atomic E-state index is 2.46. The first-order valence-electron chi connectivity index (χ1n) is 18.4. The van der Waals surface area contributed by atoms with Gasteiger partial charge in [0.2, 0.25) is 0 Å². The molecule has 1 nitrogen and oxygen atoms in total. The Hall–Kier alpha value is -6.74. The van der Waals surface area contributed by atoms with Crippen LogP contribution in [0.15, 0.2) is 212 Å². The number of benzene rings is 9. The summed E-state index contributed by atoms with van der Waals surface area (Å²) in [4.78, 5) is 2.46. The van der Waals surface area contributed by atoms with E-state index in [-0.39, 0.29) is 0 Å². The van der Waals surface area contributed by atoms with Crippen LogP contribution in [0.3, 0.4) is 0 Å². The van der Waals surface area contributed by atoms with Gasteiger partial charge in [0.05, 0.1) is 10.4 Å². The SMILES string of the molecule is c1ccc(-c2ccc(N(c3cccc(-c4ccc5ccccc5c4-c4ccccc4)c3)c3cccc4c3sc3ccccc34)cc2-c2ccccc2)cc1. The van der Waals surface area contributed by atoms with Gasteiger partial charge in [-0.15, -0.1) is 11.3 Å². The Morgan fingerprint density at radius 1 is 0.333 bits per heavy atom. The molecule has 0 bridgehead atoms. The minimum absolute atomic E-state index is 1.11. The largest absolute Gasteiger partial charge is 0.309 e. The molecule has 10 aromatic rings. The van der Waals surface area contributed by atoms with Gasteiger partial charge in [0, 0.05) is 26.8 Å². The van der Waals surface area contributed by atoms with Gasteiger partial charge >= 0.3 is 0 Å². The number of hydrogen-bond donors (Lipinski definition) is 0. The molecule has 0 unspecified atom stereocenters. The third-order valence-electron chi connectivity index (χ3n) is 10.5. The van der Waals surface area contributed by atoms with Crippen molar-refractivity contribution in [1.82, 2.24) is 0 Å². The lowest BCUT2D eigenvalue weighted by molar-refractivity contribution is 1.30. The van der Waals surface area contributed by atoms with E-state index in [4.69, 9.17) is 0 Å². The lowest BCUT2D eigenvalue weighted by atomic mass is 9.89. The standard InChI is InChI=1S/C52H35NS/c1-4-16-36(17-5-1)43-33-31-42(35-48(43)37-18-6-2-7-19-37)53(49-28-15-27-47-46-26-12-13-29-50(46)54-52(47)49)41-24-14-23-40(34-41)45-32-30-38-20-10-11-25-44(38)51(45)39-21-8-3-9-22-39/h1-35H. The normalized spacial score (nSPS) is 11.3. The van der Waals surface area contributed by atoms with E-state index < -0.39 is 0 Å². The number of fused-ring (bicyclic) bond motifs is 4. The number of hydrogen-bond acceptors (Lipinski definition) is 2. The summed E-state index contributed by atoms with van der Waals surface area (Å²) in [6.07, 6.45) is 0. The summed E-state index contributed by atoms with van der Waals surface area (Å²) < 4.78 is 2.56. The second-order valence-electron chi connectivity index (χ2n) is 13.7. The monoisotopic (exact) mass is 705 g/mol. The van der Waals surface area contributed by atoms with Crippen LogP contribution in [-0.2, 0) is 0 Å². The van der Waals surface area contributed by atoms with Crippen molar-refractivity contribution >= 4 is 59.3 Å². The van der Waals surface area contributed by atoms with Crippen LogP contribution >= 0.6 is 11.3 Å². The van der Waals surface area contributed by atoms with Gasteiger partial charge in [-0.25, -0.2) is 0 Å². The van der Waals surface area contributed by atoms with E-state index in [2.05, 4.69) is 217 Å². The molecule has 0 N–H and O–H groups in total. The highest BCUT2D eigenvalue weighted by Gasteiger charge is 2.21. The molecule has 10 rings (SSSR count). The van der Waals surface area contributed by atoms with Gasteiger partial charge in [-0.3, -0.25) is 0 Å². The van der Waals surface area contributed by atoms with E-state index in [1.54, 1.807) is 0 Å². The Labute approximate surface area is 319 Å². The van der Waals surface area contributed by atoms with E-state index in [9.17, 15) is 0 Å². The van der Waals surface area contributed by atoms with Crippen LogP contribution in [0, 0.1) is 0 Å². The van der Waals surface area contributed by atoms with Crippen molar-refractivity contribution in [3.05, 3.63) is 212 Å². The summed E-state index contributed by atoms with van der Waals surface area (Å²) in [5.74, 6) is 0. The fraction of sp³-hybridized carbons (Fsp3) is 0. The minimum atomic E-state index is 1.11. The van der Waals surface area contributed by atoms with Crippen molar-refractivity contribution in [3.63, 3.8) is 0 Å². The zero-order valence-corrected chi connectivity index (χ0v) is 30.4. The maximum absolute atomic E-state index is 2.46. The lowest BCUT2D eigenvalue weighted by Crippen LogP contribution is -2.10. The predicted molar refractivity (Wildman–Crippen MR) is 233 cm³/mol. The van der Waals surface area contributed by atoms with E-state index >= 15 is 0 Å². The zero-order valence-electron chi connectivity index (χ0n) is 29.6. The minimum Gasteiger partial charge on any atom is -0.309 e. The fourth-order valence-corrected chi connectivity index (χ4v) is 9.18. The van der Waals surface area contributed by atoms with Crippen LogP contribution < -0.4 is 4.90 Å². The summed E-state index contributed by atoms with van der Waals surface area (Å²) in [5.41, 5.74) is 13.0. The smallest absolute Gasteiger partial charge is 0.0640 e. The molecule has 9 aromatic carbocycles. The van der Waals surface area contributed by atoms with Crippen molar-refractivity contribution < 1.29 is 0 Å². The molecule has 54 heavy (non-hydrogen) atoms.